The van der Waals surface area contributed by atoms with E-state index in [2.05, 4.69) is 43.0 Å². The Labute approximate surface area is 124 Å². The van der Waals surface area contributed by atoms with Crippen molar-refractivity contribution in [2.24, 2.45) is 5.92 Å². The summed E-state index contributed by atoms with van der Waals surface area (Å²) in [5.74, 6) is 1.74. The second-order valence-corrected chi connectivity index (χ2v) is 6.16. The molecule has 0 saturated carbocycles. The summed E-state index contributed by atoms with van der Waals surface area (Å²) in [6, 6.07) is 8.69. The summed E-state index contributed by atoms with van der Waals surface area (Å²) in [5.41, 5.74) is 1.43. The van der Waals surface area contributed by atoms with Gasteiger partial charge in [0.15, 0.2) is 0 Å². The standard InChI is InChI=1S/C18H29NO/c1-3-4-13-20-18-9-7-17(8-10-18)14-16(2)15-19-11-5-6-12-19/h7-10,16H,3-6,11-15H2,1-2H3. The van der Waals surface area contributed by atoms with Crippen LogP contribution < -0.4 is 4.74 Å². The number of likely N-dealkylation sites (tertiary alicyclic amines) is 1. The minimum Gasteiger partial charge on any atom is -0.494 e. The molecule has 1 unspecified atom stereocenters. The quantitative estimate of drug-likeness (QED) is 0.661. The summed E-state index contributed by atoms with van der Waals surface area (Å²) in [5, 5.41) is 0. The van der Waals surface area contributed by atoms with Crippen molar-refractivity contribution in [3.63, 3.8) is 0 Å². The van der Waals surface area contributed by atoms with Crippen LogP contribution in [0.25, 0.3) is 0 Å². The lowest BCUT2D eigenvalue weighted by Crippen LogP contribution is -2.26. The molecular weight excluding hydrogens is 246 g/mol. The summed E-state index contributed by atoms with van der Waals surface area (Å²) in [7, 11) is 0. The molecule has 0 N–H and O–H groups in total. The molecule has 20 heavy (non-hydrogen) atoms. The molecule has 0 aliphatic carbocycles. The van der Waals surface area contributed by atoms with E-state index in [0.717, 1.165) is 24.7 Å². The minimum atomic E-state index is 0.736. The lowest BCUT2D eigenvalue weighted by Gasteiger charge is -2.20. The molecule has 0 spiro atoms. The average molecular weight is 275 g/mol. The van der Waals surface area contributed by atoms with Crippen LogP contribution in [0.2, 0.25) is 0 Å². The van der Waals surface area contributed by atoms with Crippen LogP contribution in [0.15, 0.2) is 24.3 Å². The third-order valence-electron chi connectivity index (χ3n) is 4.04. The Morgan fingerprint density at radius 3 is 2.50 bits per heavy atom. The van der Waals surface area contributed by atoms with E-state index in [9.17, 15) is 0 Å². The monoisotopic (exact) mass is 275 g/mol. The first-order chi connectivity index (χ1) is 9.78. The smallest absolute Gasteiger partial charge is 0.119 e. The highest BCUT2D eigenvalue weighted by atomic mass is 16.5. The molecule has 112 valence electrons. The number of rotatable bonds is 8. The third kappa shape index (κ3) is 5.16. The van der Waals surface area contributed by atoms with Gasteiger partial charge in [-0.1, -0.05) is 32.4 Å². The molecule has 2 heteroatoms. The molecule has 1 aromatic carbocycles. The lowest BCUT2D eigenvalue weighted by atomic mass is 10.0. The van der Waals surface area contributed by atoms with Crippen LogP contribution in [-0.2, 0) is 6.42 Å². The second-order valence-electron chi connectivity index (χ2n) is 6.16. The first kappa shape index (κ1) is 15.4. The molecule has 1 atom stereocenters. The first-order valence-electron chi connectivity index (χ1n) is 8.22. The topological polar surface area (TPSA) is 12.5 Å². The third-order valence-corrected chi connectivity index (χ3v) is 4.04. The van der Waals surface area contributed by atoms with Gasteiger partial charge in [-0.05, 0) is 62.4 Å². The predicted octanol–water partition coefficient (Wildman–Crippen LogP) is 4.14. The van der Waals surface area contributed by atoms with E-state index in [1.807, 2.05) is 0 Å². The van der Waals surface area contributed by atoms with Crippen LogP contribution in [0.3, 0.4) is 0 Å². The molecule has 1 aliphatic rings. The molecule has 0 aromatic heterocycles. The summed E-state index contributed by atoms with van der Waals surface area (Å²) in [6.07, 6.45) is 6.26. The maximum atomic E-state index is 5.71. The van der Waals surface area contributed by atoms with E-state index in [1.165, 1.54) is 50.9 Å². The molecule has 1 fully saturated rings. The second kappa shape index (κ2) is 8.31. The number of benzene rings is 1. The molecule has 0 radical (unpaired) electrons. The van der Waals surface area contributed by atoms with Gasteiger partial charge in [-0.3, -0.25) is 0 Å². The van der Waals surface area contributed by atoms with E-state index in [1.54, 1.807) is 0 Å². The highest BCUT2D eigenvalue weighted by Crippen LogP contribution is 2.17. The SMILES string of the molecule is CCCCOc1ccc(CC(C)CN2CCCC2)cc1. The molecule has 1 heterocycles. The largest absolute Gasteiger partial charge is 0.494 e. The van der Waals surface area contributed by atoms with Gasteiger partial charge in [-0.2, -0.15) is 0 Å². The Hall–Kier alpha value is -1.02. The van der Waals surface area contributed by atoms with Crippen molar-refractivity contribution in [2.75, 3.05) is 26.2 Å². The van der Waals surface area contributed by atoms with Crippen LogP contribution in [-0.4, -0.2) is 31.1 Å². The van der Waals surface area contributed by atoms with Gasteiger partial charge in [0.2, 0.25) is 0 Å². The highest BCUT2D eigenvalue weighted by molar-refractivity contribution is 5.27. The fraction of sp³-hybridized carbons (Fsp3) is 0.667. The summed E-state index contributed by atoms with van der Waals surface area (Å²) < 4.78 is 5.71. The van der Waals surface area contributed by atoms with Gasteiger partial charge in [0.1, 0.15) is 5.75 Å². The van der Waals surface area contributed by atoms with Crippen LogP contribution in [0.1, 0.15) is 45.1 Å². The summed E-state index contributed by atoms with van der Waals surface area (Å²) in [4.78, 5) is 2.60. The van der Waals surface area contributed by atoms with E-state index in [4.69, 9.17) is 4.74 Å². The molecule has 1 aliphatic heterocycles. The summed E-state index contributed by atoms with van der Waals surface area (Å²) >= 11 is 0. The number of hydrogen-bond acceptors (Lipinski definition) is 2. The van der Waals surface area contributed by atoms with Crippen LogP contribution in [0, 0.1) is 5.92 Å². The maximum absolute atomic E-state index is 5.71. The van der Waals surface area contributed by atoms with E-state index in [-0.39, 0.29) is 0 Å². The van der Waals surface area contributed by atoms with Gasteiger partial charge in [-0.25, -0.2) is 0 Å². The molecule has 2 nitrogen and oxygen atoms in total. The summed E-state index contributed by atoms with van der Waals surface area (Å²) in [6.45, 7) is 9.23. The zero-order valence-electron chi connectivity index (χ0n) is 13.1. The molecule has 0 amide bonds. The number of nitrogens with zero attached hydrogens (tertiary/aromatic N) is 1. The van der Waals surface area contributed by atoms with Crippen molar-refractivity contribution in [3.8, 4) is 5.75 Å². The van der Waals surface area contributed by atoms with Crippen LogP contribution in [0.4, 0.5) is 0 Å². The fourth-order valence-electron chi connectivity index (χ4n) is 2.93. The number of unbranched alkanes of at least 4 members (excludes halogenated alkanes) is 1. The van der Waals surface area contributed by atoms with Crippen molar-refractivity contribution in [1.82, 2.24) is 4.90 Å². The van der Waals surface area contributed by atoms with E-state index >= 15 is 0 Å². The minimum absolute atomic E-state index is 0.736. The maximum Gasteiger partial charge on any atom is 0.119 e. The fourth-order valence-corrected chi connectivity index (χ4v) is 2.93. The molecule has 1 saturated heterocycles. The van der Waals surface area contributed by atoms with Crippen molar-refractivity contribution < 1.29 is 4.74 Å². The molecule has 2 rings (SSSR count). The van der Waals surface area contributed by atoms with E-state index < -0.39 is 0 Å². The van der Waals surface area contributed by atoms with Crippen molar-refractivity contribution in [1.29, 1.82) is 0 Å². The number of ether oxygens (including phenoxy) is 1. The molecule has 0 bridgehead atoms. The van der Waals surface area contributed by atoms with Gasteiger partial charge >= 0.3 is 0 Å². The van der Waals surface area contributed by atoms with Crippen LogP contribution >= 0.6 is 0 Å². The van der Waals surface area contributed by atoms with Crippen molar-refractivity contribution >= 4 is 0 Å². The van der Waals surface area contributed by atoms with Gasteiger partial charge in [0, 0.05) is 6.54 Å². The average Bonchev–Trinajstić information content (AvgIpc) is 2.94. The zero-order valence-corrected chi connectivity index (χ0v) is 13.1. The number of hydrogen-bond donors (Lipinski definition) is 0. The first-order valence-corrected chi connectivity index (χ1v) is 8.22. The lowest BCUT2D eigenvalue weighted by molar-refractivity contribution is 0.287. The normalized spacial score (nSPS) is 17.3. The molecule has 1 aromatic rings. The van der Waals surface area contributed by atoms with Crippen LogP contribution in [0.5, 0.6) is 5.75 Å². The molecular formula is C18H29NO. The van der Waals surface area contributed by atoms with Crippen molar-refractivity contribution in [3.05, 3.63) is 29.8 Å². The Morgan fingerprint density at radius 1 is 1.15 bits per heavy atom. The predicted molar refractivity (Wildman–Crippen MR) is 85.4 cm³/mol. The van der Waals surface area contributed by atoms with Gasteiger partial charge < -0.3 is 9.64 Å². The van der Waals surface area contributed by atoms with Crippen molar-refractivity contribution in [2.45, 2.75) is 46.0 Å². The Bertz CT molecular complexity index is 368. The van der Waals surface area contributed by atoms with E-state index in [0.29, 0.717) is 0 Å². The highest BCUT2D eigenvalue weighted by Gasteiger charge is 2.14. The Morgan fingerprint density at radius 2 is 1.85 bits per heavy atom. The Balaban J connectivity index is 1.74. The zero-order chi connectivity index (χ0) is 14.2. The Kier molecular flexibility index (Phi) is 6.38. The van der Waals surface area contributed by atoms with Gasteiger partial charge in [-0.15, -0.1) is 0 Å². The van der Waals surface area contributed by atoms with Gasteiger partial charge in [0.05, 0.1) is 6.61 Å². The van der Waals surface area contributed by atoms with Gasteiger partial charge in [0.25, 0.3) is 0 Å².